The molecule has 0 unspecified atom stereocenters. The summed E-state index contributed by atoms with van der Waals surface area (Å²) in [7, 11) is 0. The van der Waals surface area contributed by atoms with Gasteiger partial charge in [-0.25, -0.2) is 4.98 Å². The minimum absolute atomic E-state index is 0.485. The van der Waals surface area contributed by atoms with Crippen molar-refractivity contribution in [3.63, 3.8) is 0 Å². The Hall–Kier alpha value is -2.62. The van der Waals surface area contributed by atoms with Crippen LogP contribution < -0.4 is 5.73 Å². The SMILES string of the molecule is Cc1cc(-c2ccc(N)nc2-c2ccccc2)on1. The molecular weight excluding hydrogens is 238 g/mol. The predicted molar refractivity (Wildman–Crippen MR) is 74.3 cm³/mol. The Kier molecular flexibility index (Phi) is 2.76. The average Bonchev–Trinajstić information content (AvgIpc) is 2.86. The Bertz CT molecular complexity index is 704. The van der Waals surface area contributed by atoms with Crippen LogP contribution in [0.1, 0.15) is 5.69 Å². The Balaban J connectivity index is 2.20. The summed E-state index contributed by atoms with van der Waals surface area (Å²) < 4.78 is 5.32. The normalized spacial score (nSPS) is 10.6. The lowest BCUT2D eigenvalue weighted by molar-refractivity contribution is 0.427. The van der Waals surface area contributed by atoms with E-state index in [1.165, 1.54) is 0 Å². The highest BCUT2D eigenvalue weighted by Gasteiger charge is 2.13. The number of aryl methyl sites for hydroxylation is 1. The number of hydrogen-bond acceptors (Lipinski definition) is 4. The van der Waals surface area contributed by atoms with E-state index in [1.54, 1.807) is 6.07 Å². The van der Waals surface area contributed by atoms with E-state index < -0.39 is 0 Å². The van der Waals surface area contributed by atoms with Crippen LogP contribution in [0.25, 0.3) is 22.6 Å². The molecule has 19 heavy (non-hydrogen) atoms. The first-order valence-corrected chi connectivity index (χ1v) is 5.99. The summed E-state index contributed by atoms with van der Waals surface area (Å²) in [4.78, 5) is 4.42. The van der Waals surface area contributed by atoms with Gasteiger partial charge >= 0.3 is 0 Å². The van der Waals surface area contributed by atoms with Crippen molar-refractivity contribution in [1.82, 2.24) is 10.1 Å². The molecule has 1 aromatic carbocycles. The summed E-state index contributed by atoms with van der Waals surface area (Å²) in [6.07, 6.45) is 0. The molecule has 0 atom stereocenters. The molecule has 4 heteroatoms. The quantitative estimate of drug-likeness (QED) is 0.759. The highest BCUT2D eigenvalue weighted by molar-refractivity contribution is 5.79. The fraction of sp³-hybridized carbons (Fsp3) is 0.0667. The van der Waals surface area contributed by atoms with Gasteiger partial charge in [-0.3, -0.25) is 0 Å². The molecule has 0 fully saturated rings. The Morgan fingerprint density at radius 3 is 2.53 bits per heavy atom. The molecule has 2 aromatic heterocycles. The largest absolute Gasteiger partial charge is 0.384 e. The van der Waals surface area contributed by atoms with E-state index in [2.05, 4.69) is 10.1 Å². The molecule has 0 radical (unpaired) electrons. The molecule has 2 N–H and O–H groups in total. The van der Waals surface area contributed by atoms with Gasteiger partial charge in [0.25, 0.3) is 0 Å². The van der Waals surface area contributed by atoms with Crippen molar-refractivity contribution in [1.29, 1.82) is 0 Å². The fourth-order valence-electron chi connectivity index (χ4n) is 1.98. The van der Waals surface area contributed by atoms with Crippen LogP contribution in [0.15, 0.2) is 53.1 Å². The van der Waals surface area contributed by atoms with Crippen molar-refractivity contribution in [3.8, 4) is 22.6 Å². The van der Waals surface area contributed by atoms with Crippen LogP contribution in [-0.2, 0) is 0 Å². The van der Waals surface area contributed by atoms with Crippen molar-refractivity contribution >= 4 is 5.82 Å². The monoisotopic (exact) mass is 251 g/mol. The lowest BCUT2D eigenvalue weighted by Gasteiger charge is -2.07. The van der Waals surface area contributed by atoms with Gasteiger partial charge in [0, 0.05) is 17.2 Å². The van der Waals surface area contributed by atoms with Crippen molar-refractivity contribution in [2.45, 2.75) is 6.92 Å². The maximum Gasteiger partial charge on any atom is 0.169 e. The molecular formula is C15H13N3O. The van der Waals surface area contributed by atoms with Gasteiger partial charge in [0.05, 0.1) is 11.4 Å². The van der Waals surface area contributed by atoms with Gasteiger partial charge in [0.1, 0.15) is 5.82 Å². The molecule has 4 nitrogen and oxygen atoms in total. The lowest BCUT2D eigenvalue weighted by atomic mass is 10.0. The van der Waals surface area contributed by atoms with E-state index >= 15 is 0 Å². The van der Waals surface area contributed by atoms with Crippen molar-refractivity contribution in [2.24, 2.45) is 0 Å². The topological polar surface area (TPSA) is 64.9 Å². The van der Waals surface area contributed by atoms with E-state index in [9.17, 15) is 0 Å². The molecule has 2 heterocycles. The lowest BCUT2D eigenvalue weighted by Crippen LogP contribution is -1.94. The standard InChI is InChI=1S/C15H13N3O/c1-10-9-13(19-18-10)12-7-8-14(16)17-15(12)11-5-3-2-4-6-11/h2-9H,1H3,(H2,16,17). The number of nitrogen functional groups attached to an aromatic ring is 1. The molecule has 3 rings (SSSR count). The van der Waals surface area contributed by atoms with Gasteiger partial charge in [0.15, 0.2) is 5.76 Å². The summed E-state index contributed by atoms with van der Waals surface area (Å²) >= 11 is 0. The maximum absolute atomic E-state index is 5.79. The number of hydrogen-bond donors (Lipinski definition) is 1. The number of benzene rings is 1. The van der Waals surface area contributed by atoms with Crippen LogP contribution in [0.4, 0.5) is 5.82 Å². The van der Waals surface area contributed by atoms with E-state index in [4.69, 9.17) is 10.3 Å². The van der Waals surface area contributed by atoms with E-state index in [0.29, 0.717) is 11.6 Å². The van der Waals surface area contributed by atoms with Gasteiger partial charge < -0.3 is 10.3 Å². The highest BCUT2D eigenvalue weighted by atomic mass is 16.5. The van der Waals surface area contributed by atoms with Crippen molar-refractivity contribution in [3.05, 3.63) is 54.2 Å². The van der Waals surface area contributed by atoms with Gasteiger partial charge in [-0.05, 0) is 19.1 Å². The zero-order chi connectivity index (χ0) is 13.2. The predicted octanol–water partition coefficient (Wildman–Crippen LogP) is 3.29. The van der Waals surface area contributed by atoms with E-state index in [0.717, 1.165) is 22.5 Å². The molecule has 0 aliphatic heterocycles. The summed E-state index contributed by atoms with van der Waals surface area (Å²) in [5, 5.41) is 3.92. The molecule has 0 aliphatic carbocycles. The molecule has 0 saturated carbocycles. The summed E-state index contributed by atoms with van der Waals surface area (Å²) in [5.74, 6) is 1.18. The first-order valence-electron chi connectivity index (χ1n) is 5.99. The number of anilines is 1. The van der Waals surface area contributed by atoms with Crippen LogP contribution >= 0.6 is 0 Å². The number of nitrogens with two attached hydrogens (primary N) is 1. The zero-order valence-electron chi connectivity index (χ0n) is 10.5. The van der Waals surface area contributed by atoms with Gasteiger partial charge in [-0.2, -0.15) is 0 Å². The van der Waals surface area contributed by atoms with E-state index in [-0.39, 0.29) is 0 Å². The second kappa shape index (κ2) is 4.57. The number of rotatable bonds is 2. The second-order valence-electron chi connectivity index (χ2n) is 4.33. The van der Waals surface area contributed by atoms with Crippen LogP contribution in [0.3, 0.4) is 0 Å². The zero-order valence-corrected chi connectivity index (χ0v) is 10.5. The fourth-order valence-corrected chi connectivity index (χ4v) is 1.98. The van der Waals surface area contributed by atoms with Gasteiger partial charge in [0.2, 0.25) is 0 Å². The van der Waals surface area contributed by atoms with Crippen LogP contribution in [0.2, 0.25) is 0 Å². The minimum Gasteiger partial charge on any atom is -0.384 e. The third-order valence-electron chi connectivity index (χ3n) is 2.86. The molecule has 0 aliphatic rings. The first kappa shape index (κ1) is 11.5. The van der Waals surface area contributed by atoms with Gasteiger partial charge in [-0.1, -0.05) is 35.5 Å². The molecule has 0 spiro atoms. The number of aromatic nitrogens is 2. The molecule has 0 bridgehead atoms. The van der Waals surface area contributed by atoms with Crippen LogP contribution in [0.5, 0.6) is 0 Å². The van der Waals surface area contributed by atoms with Crippen LogP contribution in [-0.4, -0.2) is 10.1 Å². The maximum atomic E-state index is 5.79. The summed E-state index contributed by atoms with van der Waals surface area (Å²) in [5.41, 5.74) is 9.32. The number of pyridine rings is 1. The van der Waals surface area contributed by atoms with Crippen LogP contribution in [0, 0.1) is 6.92 Å². The van der Waals surface area contributed by atoms with E-state index in [1.807, 2.05) is 49.4 Å². The second-order valence-corrected chi connectivity index (χ2v) is 4.33. The third-order valence-corrected chi connectivity index (χ3v) is 2.86. The highest BCUT2D eigenvalue weighted by Crippen LogP contribution is 2.31. The molecule has 0 amide bonds. The summed E-state index contributed by atoms with van der Waals surface area (Å²) in [6.45, 7) is 1.89. The Labute approximate surface area is 110 Å². The summed E-state index contributed by atoms with van der Waals surface area (Å²) in [6, 6.07) is 15.5. The molecule has 3 aromatic rings. The van der Waals surface area contributed by atoms with Crippen molar-refractivity contribution in [2.75, 3.05) is 5.73 Å². The number of nitrogens with zero attached hydrogens (tertiary/aromatic N) is 2. The smallest absolute Gasteiger partial charge is 0.169 e. The Morgan fingerprint density at radius 1 is 1.05 bits per heavy atom. The average molecular weight is 251 g/mol. The third kappa shape index (κ3) is 2.20. The van der Waals surface area contributed by atoms with Crippen molar-refractivity contribution < 1.29 is 4.52 Å². The Morgan fingerprint density at radius 2 is 1.84 bits per heavy atom. The molecule has 94 valence electrons. The minimum atomic E-state index is 0.485. The molecule has 0 saturated heterocycles. The van der Waals surface area contributed by atoms with Gasteiger partial charge in [-0.15, -0.1) is 0 Å². The first-order chi connectivity index (χ1) is 9.24.